The van der Waals surface area contributed by atoms with Gasteiger partial charge < -0.3 is 9.84 Å². The zero-order valence-corrected chi connectivity index (χ0v) is 11.6. The van der Waals surface area contributed by atoms with E-state index in [0.29, 0.717) is 23.4 Å². The van der Waals surface area contributed by atoms with Crippen LogP contribution in [0.15, 0.2) is 0 Å². The lowest BCUT2D eigenvalue weighted by Crippen LogP contribution is -2.49. The molecular weight excluding hydrogens is 212 g/mol. The fourth-order valence-corrected chi connectivity index (χ4v) is 4.89. The van der Waals surface area contributed by atoms with E-state index in [1.54, 1.807) is 0 Å². The van der Waals surface area contributed by atoms with Crippen LogP contribution in [0.4, 0.5) is 0 Å². The maximum Gasteiger partial charge on any atom is 0.0693 e. The van der Waals surface area contributed by atoms with Gasteiger partial charge in [-0.05, 0) is 70.1 Å². The summed E-state index contributed by atoms with van der Waals surface area (Å²) in [6.07, 6.45) is 6.49. The summed E-state index contributed by atoms with van der Waals surface area (Å²) < 4.78 is 6.29. The van der Waals surface area contributed by atoms with Gasteiger partial charge in [-0.1, -0.05) is 6.92 Å². The van der Waals surface area contributed by atoms with Crippen molar-refractivity contribution in [1.29, 1.82) is 0 Å². The zero-order chi connectivity index (χ0) is 12.5. The van der Waals surface area contributed by atoms with Gasteiger partial charge in [0.15, 0.2) is 0 Å². The van der Waals surface area contributed by atoms with Gasteiger partial charge in [0.1, 0.15) is 0 Å². The molecule has 2 bridgehead atoms. The summed E-state index contributed by atoms with van der Waals surface area (Å²) in [5.74, 6) is 1.10. The van der Waals surface area contributed by atoms with E-state index in [0.717, 1.165) is 12.8 Å². The predicted octanol–water partition coefficient (Wildman–Crippen LogP) is 3.13. The molecule has 3 aliphatic rings. The number of hydrogen-bond donors (Lipinski definition) is 1. The molecule has 0 spiro atoms. The molecule has 5 unspecified atom stereocenters. The van der Waals surface area contributed by atoms with Crippen molar-refractivity contribution in [1.82, 2.24) is 0 Å². The Labute approximate surface area is 105 Å². The first-order chi connectivity index (χ1) is 7.76. The zero-order valence-electron chi connectivity index (χ0n) is 11.6. The molecule has 0 aromatic carbocycles. The summed E-state index contributed by atoms with van der Waals surface area (Å²) in [5, 5.41) is 10.3. The maximum absolute atomic E-state index is 10.3. The molecular formula is C15H26O2. The Balaban J connectivity index is 1.87. The quantitative estimate of drug-likeness (QED) is 0.760. The van der Waals surface area contributed by atoms with Crippen LogP contribution in [0, 0.1) is 17.3 Å². The van der Waals surface area contributed by atoms with E-state index in [4.69, 9.17) is 4.74 Å². The van der Waals surface area contributed by atoms with Crippen molar-refractivity contribution in [3.63, 3.8) is 0 Å². The largest absolute Gasteiger partial charge is 0.390 e. The SMILES string of the molecule is CC(C)(O)C1CCC2(C)C3CCC(C)(O3)C2C1. The molecule has 0 aromatic heterocycles. The van der Waals surface area contributed by atoms with Crippen LogP contribution in [0.1, 0.15) is 59.8 Å². The lowest BCUT2D eigenvalue weighted by atomic mass is 9.54. The Bertz CT molecular complexity index is 332. The van der Waals surface area contributed by atoms with Gasteiger partial charge in [0.2, 0.25) is 0 Å². The molecule has 2 nitrogen and oxygen atoms in total. The summed E-state index contributed by atoms with van der Waals surface area (Å²) in [6.45, 7) is 8.66. The summed E-state index contributed by atoms with van der Waals surface area (Å²) in [4.78, 5) is 0. The maximum atomic E-state index is 10.3. The smallest absolute Gasteiger partial charge is 0.0693 e. The second-order valence-corrected chi connectivity index (χ2v) is 7.64. The van der Waals surface area contributed by atoms with E-state index in [1.807, 2.05) is 13.8 Å². The molecule has 1 saturated carbocycles. The highest BCUT2D eigenvalue weighted by molar-refractivity contribution is 5.13. The minimum absolute atomic E-state index is 0.101. The number of rotatable bonds is 1. The number of hydrogen-bond acceptors (Lipinski definition) is 2. The lowest BCUT2D eigenvalue weighted by molar-refractivity contribution is -0.0553. The first-order valence-corrected chi connectivity index (χ1v) is 7.16. The Morgan fingerprint density at radius 1 is 1.18 bits per heavy atom. The van der Waals surface area contributed by atoms with Crippen molar-refractivity contribution >= 4 is 0 Å². The molecule has 2 saturated heterocycles. The Kier molecular flexibility index (Phi) is 2.30. The fraction of sp³-hybridized carbons (Fsp3) is 1.00. The van der Waals surface area contributed by atoms with E-state index in [1.165, 1.54) is 19.3 Å². The third-order valence-corrected chi connectivity index (χ3v) is 6.13. The molecule has 3 rings (SSSR count). The summed E-state index contributed by atoms with van der Waals surface area (Å²) in [6, 6.07) is 0. The van der Waals surface area contributed by atoms with E-state index in [2.05, 4.69) is 13.8 Å². The second-order valence-electron chi connectivity index (χ2n) is 7.64. The number of aliphatic hydroxyl groups is 1. The van der Waals surface area contributed by atoms with Gasteiger partial charge in [-0.15, -0.1) is 0 Å². The van der Waals surface area contributed by atoms with Gasteiger partial charge in [-0.2, -0.15) is 0 Å². The van der Waals surface area contributed by atoms with E-state index < -0.39 is 5.60 Å². The van der Waals surface area contributed by atoms with Crippen molar-refractivity contribution in [2.75, 3.05) is 0 Å². The first-order valence-electron chi connectivity index (χ1n) is 7.16. The highest BCUT2D eigenvalue weighted by atomic mass is 16.5. The number of fused-ring (bicyclic) bond motifs is 5. The minimum Gasteiger partial charge on any atom is -0.390 e. The Hall–Kier alpha value is -0.0800. The lowest BCUT2D eigenvalue weighted by Gasteiger charge is -2.49. The van der Waals surface area contributed by atoms with Gasteiger partial charge in [-0.25, -0.2) is 0 Å². The first kappa shape index (κ1) is 12.0. The van der Waals surface area contributed by atoms with Crippen LogP contribution in [0.5, 0.6) is 0 Å². The van der Waals surface area contributed by atoms with Crippen molar-refractivity contribution in [3.05, 3.63) is 0 Å². The van der Waals surface area contributed by atoms with Crippen LogP contribution in [-0.2, 0) is 4.74 Å². The van der Waals surface area contributed by atoms with Gasteiger partial charge in [0, 0.05) is 0 Å². The average molecular weight is 238 g/mol. The second kappa shape index (κ2) is 3.27. The third kappa shape index (κ3) is 1.53. The summed E-state index contributed by atoms with van der Waals surface area (Å²) in [7, 11) is 0. The van der Waals surface area contributed by atoms with Crippen LogP contribution >= 0.6 is 0 Å². The molecule has 1 N–H and O–H groups in total. The Morgan fingerprint density at radius 3 is 2.53 bits per heavy atom. The third-order valence-electron chi connectivity index (χ3n) is 6.13. The molecule has 2 aliphatic heterocycles. The fourth-order valence-electron chi connectivity index (χ4n) is 4.89. The molecule has 0 radical (unpaired) electrons. The highest BCUT2D eigenvalue weighted by Crippen LogP contribution is 2.64. The molecule has 0 amide bonds. The molecule has 98 valence electrons. The molecule has 3 fully saturated rings. The molecule has 2 heteroatoms. The topological polar surface area (TPSA) is 29.5 Å². The summed E-state index contributed by atoms with van der Waals surface area (Å²) >= 11 is 0. The molecule has 17 heavy (non-hydrogen) atoms. The van der Waals surface area contributed by atoms with Crippen molar-refractivity contribution in [3.8, 4) is 0 Å². The summed E-state index contributed by atoms with van der Waals surface area (Å²) in [5.41, 5.74) is -0.0440. The highest BCUT2D eigenvalue weighted by Gasteiger charge is 2.64. The monoisotopic (exact) mass is 238 g/mol. The standard InChI is InChI=1S/C15H26O2/c1-13(2,16)10-5-7-14(3)11(9-10)15(4)8-6-12(14)17-15/h10-12,16H,5-9H2,1-4H3. The van der Waals surface area contributed by atoms with Crippen molar-refractivity contribution < 1.29 is 9.84 Å². The van der Waals surface area contributed by atoms with Gasteiger partial charge in [-0.3, -0.25) is 0 Å². The van der Waals surface area contributed by atoms with Crippen LogP contribution in [0.3, 0.4) is 0 Å². The van der Waals surface area contributed by atoms with Crippen molar-refractivity contribution in [2.24, 2.45) is 17.3 Å². The average Bonchev–Trinajstić information content (AvgIpc) is 2.69. The molecule has 1 aliphatic carbocycles. The molecule has 2 heterocycles. The normalized spacial score (nSPS) is 53.8. The number of ether oxygens (including phenoxy) is 1. The van der Waals surface area contributed by atoms with Gasteiger partial charge >= 0.3 is 0 Å². The van der Waals surface area contributed by atoms with Gasteiger partial charge in [0.25, 0.3) is 0 Å². The molecule has 0 aromatic rings. The van der Waals surface area contributed by atoms with E-state index in [9.17, 15) is 5.11 Å². The van der Waals surface area contributed by atoms with Crippen LogP contribution < -0.4 is 0 Å². The van der Waals surface area contributed by atoms with E-state index >= 15 is 0 Å². The molecule has 5 atom stereocenters. The minimum atomic E-state index is -0.528. The van der Waals surface area contributed by atoms with Crippen LogP contribution in [0.2, 0.25) is 0 Å². The Morgan fingerprint density at radius 2 is 1.88 bits per heavy atom. The van der Waals surface area contributed by atoms with Crippen molar-refractivity contribution in [2.45, 2.75) is 77.1 Å². The van der Waals surface area contributed by atoms with E-state index in [-0.39, 0.29) is 5.60 Å². The van der Waals surface area contributed by atoms with Crippen LogP contribution in [0.25, 0.3) is 0 Å². The van der Waals surface area contributed by atoms with Crippen LogP contribution in [-0.4, -0.2) is 22.4 Å². The van der Waals surface area contributed by atoms with Gasteiger partial charge in [0.05, 0.1) is 17.3 Å². The predicted molar refractivity (Wildman–Crippen MR) is 67.7 cm³/mol.